The molecule has 6 aliphatic rings. The van der Waals surface area contributed by atoms with Crippen LogP contribution >= 0.6 is 11.3 Å². The highest BCUT2D eigenvalue weighted by Crippen LogP contribution is 2.43. The molecule has 1 aromatic carbocycles. The van der Waals surface area contributed by atoms with Crippen molar-refractivity contribution in [1.82, 2.24) is 24.5 Å². The quantitative estimate of drug-likeness (QED) is 0.298. The lowest BCUT2D eigenvalue weighted by atomic mass is 9.83. The topological polar surface area (TPSA) is 105 Å². The van der Waals surface area contributed by atoms with Crippen molar-refractivity contribution in [3.8, 4) is 0 Å². The molecule has 1 unspecified atom stereocenters. The summed E-state index contributed by atoms with van der Waals surface area (Å²) in [6, 6.07) is 3.14. The molecule has 1 aromatic heterocycles. The largest absolute Gasteiger partial charge is 0.418 e. The molecule has 52 heavy (non-hydrogen) atoms. The molecule has 3 N–H and O–H groups in total. The van der Waals surface area contributed by atoms with Gasteiger partial charge in [0.25, 0.3) is 0 Å². The Morgan fingerprint density at radius 3 is 2.10 bits per heavy atom. The second-order valence-electron chi connectivity index (χ2n) is 14.7. The van der Waals surface area contributed by atoms with Crippen LogP contribution in [0.1, 0.15) is 54.4 Å². The van der Waals surface area contributed by atoms with E-state index in [9.17, 15) is 40.7 Å². The van der Waals surface area contributed by atoms with Gasteiger partial charge in [-0.1, -0.05) is 0 Å². The maximum absolute atomic E-state index is 14.1. The number of hydrogen-bond donors (Lipinski definition) is 2. The van der Waals surface area contributed by atoms with E-state index in [4.69, 9.17) is 5.73 Å². The van der Waals surface area contributed by atoms with Crippen LogP contribution in [0.15, 0.2) is 23.6 Å². The van der Waals surface area contributed by atoms with Crippen LogP contribution < -0.4 is 11.1 Å². The summed E-state index contributed by atoms with van der Waals surface area (Å²) in [5.74, 6) is -1.47. The number of nitrogens with two attached hydrogens (primary N) is 1. The lowest BCUT2D eigenvalue weighted by molar-refractivity contribution is -0.144. The Labute approximate surface area is 301 Å². The van der Waals surface area contributed by atoms with E-state index in [1.165, 1.54) is 11.3 Å². The number of carbonyl (C=O) groups excluding carboxylic acids is 3. The maximum Gasteiger partial charge on any atom is 0.418 e. The summed E-state index contributed by atoms with van der Waals surface area (Å²) in [5, 5.41) is 5.62. The molecule has 0 aliphatic carbocycles. The third-order valence-corrected chi connectivity index (χ3v) is 12.5. The summed E-state index contributed by atoms with van der Waals surface area (Å²) in [5.41, 5.74) is 1.36. The number of thiophene rings is 1. The third kappa shape index (κ3) is 7.58. The highest BCUT2D eigenvalue weighted by Gasteiger charge is 2.43. The molecular weight excluding hydrogens is 712 g/mol. The van der Waals surface area contributed by atoms with Crippen LogP contribution in [-0.2, 0) is 34.9 Å². The maximum atomic E-state index is 14.1. The molecule has 284 valence electrons. The normalized spacial score (nSPS) is 25.2. The summed E-state index contributed by atoms with van der Waals surface area (Å²) in [6.45, 7) is 6.10. The molecule has 7 heterocycles. The Bertz CT molecular complexity index is 1630. The lowest BCUT2D eigenvalue weighted by Gasteiger charge is -2.51. The van der Waals surface area contributed by atoms with Crippen LogP contribution in [0.3, 0.4) is 0 Å². The molecule has 10 nitrogen and oxygen atoms in total. The van der Waals surface area contributed by atoms with E-state index in [2.05, 4.69) is 15.1 Å². The molecule has 8 rings (SSSR count). The first-order valence-electron chi connectivity index (χ1n) is 17.9. The van der Waals surface area contributed by atoms with Gasteiger partial charge in [-0.2, -0.15) is 26.3 Å². The fraction of sp³-hybridized carbons (Fsp3) is 0.629. The molecule has 2 bridgehead atoms. The van der Waals surface area contributed by atoms with E-state index in [-0.39, 0.29) is 24.1 Å². The fourth-order valence-electron chi connectivity index (χ4n) is 8.77. The number of nitrogen functional groups attached to an aromatic ring is 1. The van der Waals surface area contributed by atoms with Crippen LogP contribution in [0, 0.1) is 11.8 Å². The van der Waals surface area contributed by atoms with Crippen LogP contribution in [0.4, 0.5) is 41.8 Å². The molecular formula is C35H43F6N7O3S. The van der Waals surface area contributed by atoms with E-state index in [1.807, 2.05) is 11.4 Å². The average Bonchev–Trinajstić information content (AvgIpc) is 3.58. The van der Waals surface area contributed by atoms with Crippen molar-refractivity contribution in [2.75, 3.05) is 70.0 Å². The zero-order valence-electron chi connectivity index (χ0n) is 28.6. The van der Waals surface area contributed by atoms with Gasteiger partial charge in [0.1, 0.15) is 5.00 Å². The van der Waals surface area contributed by atoms with E-state index in [0.717, 1.165) is 43.0 Å². The molecule has 17 heteroatoms. The van der Waals surface area contributed by atoms with Crippen LogP contribution in [-0.4, -0.2) is 113 Å². The number of carbonyl (C=O) groups is 3. The van der Waals surface area contributed by atoms with Gasteiger partial charge in [-0.3, -0.25) is 19.8 Å². The summed E-state index contributed by atoms with van der Waals surface area (Å²) < 4.78 is 83.5. The first kappa shape index (κ1) is 36.8. The molecule has 0 radical (unpaired) electrons. The smallest absolute Gasteiger partial charge is 0.398 e. The monoisotopic (exact) mass is 755 g/mol. The van der Waals surface area contributed by atoms with Gasteiger partial charge in [-0.05, 0) is 80.3 Å². The fourth-order valence-corrected chi connectivity index (χ4v) is 9.57. The van der Waals surface area contributed by atoms with Crippen molar-refractivity contribution < 1.29 is 40.7 Å². The molecule has 6 aliphatic heterocycles. The molecule has 5 fully saturated rings. The number of piperazine rings is 1. The zero-order chi connectivity index (χ0) is 36.9. The molecule has 4 amide bonds. The van der Waals surface area contributed by atoms with Gasteiger partial charge < -0.3 is 25.3 Å². The van der Waals surface area contributed by atoms with E-state index < -0.39 is 53.3 Å². The number of hydrogen-bond acceptors (Lipinski definition) is 7. The Kier molecular flexibility index (Phi) is 10.1. The van der Waals surface area contributed by atoms with Crippen molar-refractivity contribution >= 4 is 39.9 Å². The summed E-state index contributed by atoms with van der Waals surface area (Å²) in [4.78, 5) is 50.5. The molecule has 0 spiro atoms. The average molecular weight is 756 g/mol. The Hall–Kier alpha value is -3.57. The Morgan fingerprint density at radius 2 is 1.52 bits per heavy atom. The second kappa shape index (κ2) is 14.3. The van der Waals surface area contributed by atoms with Crippen molar-refractivity contribution in [1.29, 1.82) is 0 Å². The molecule has 2 aromatic rings. The predicted molar refractivity (Wildman–Crippen MR) is 182 cm³/mol. The van der Waals surface area contributed by atoms with Gasteiger partial charge in [0, 0.05) is 69.9 Å². The Morgan fingerprint density at radius 1 is 0.885 bits per heavy atom. The first-order valence-corrected chi connectivity index (χ1v) is 18.8. The number of likely N-dealkylation sites (tertiary alicyclic amines) is 1. The zero-order valence-corrected chi connectivity index (χ0v) is 29.5. The molecule has 5 saturated heterocycles. The Balaban J connectivity index is 1.06. The van der Waals surface area contributed by atoms with Gasteiger partial charge in [0.15, 0.2) is 0 Å². The minimum Gasteiger partial charge on any atom is -0.398 e. The van der Waals surface area contributed by atoms with E-state index in [0.29, 0.717) is 82.7 Å². The highest BCUT2D eigenvalue weighted by atomic mass is 32.1. The first-order chi connectivity index (χ1) is 24.7. The number of nitrogens with one attached hydrogen (secondary N) is 1. The van der Waals surface area contributed by atoms with Gasteiger partial charge in [0.2, 0.25) is 11.8 Å². The van der Waals surface area contributed by atoms with Crippen molar-refractivity contribution in [2.45, 2.75) is 69.5 Å². The number of nitrogens with zero attached hydrogens (tertiary/aromatic N) is 5. The van der Waals surface area contributed by atoms with E-state index in [1.54, 1.807) is 14.7 Å². The van der Waals surface area contributed by atoms with Crippen LogP contribution in [0.2, 0.25) is 0 Å². The van der Waals surface area contributed by atoms with Crippen molar-refractivity contribution in [3.05, 3.63) is 45.8 Å². The standard InChI is InChI=1S/C35H43F6N7O3S/c36-34(37,38)26-16-21(17-27(30(26)42)35(39,40)41)15-24(32(50)47-12-10-45(11-13-47)28-20-44-6-1-22(28)2-7-44)18-29(49)46-8-3-25(4-9-46)48-19-23-5-14-52-31(23)43-33(48)51/h5,14,16-17,22,24-25,28H,1-4,6-13,15,18-20,42H2,(H,43,51)/t24-,28?/m0/s1. The summed E-state index contributed by atoms with van der Waals surface area (Å²) >= 11 is 1.45. The van der Waals surface area contributed by atoms with Crippen LogP contribution in [0.25, 0.3) is 0 Å². The number of piperidine rings is 4. The highest BCUT2D eigenvalue weighted by molar-refractivity contribution is 7.14. The minimum absolute atomic E-state index is 0.127. The second-order valence-corrected chi connectivity index (χ2v) is 15.6. The van der Waals surface area contributed by atoms with Gasteiger partial charge in [-0.25, -0.2) is 4.79 Å². The van der Waals surface area contributed by atoms with E-state index >= 15 is 0 Å². The number of halogens is 6. The van der Waals surface area contributed by atoms with Crippen molar-refractivity contribution in [2.24, 2.45) is 11.8 Å². The summed E-state index contributed by atoms with van der Waals surface area (Å²) in [7, 11) is 0. The van der Waals surface area contributed by atoms with Gasteiger partial charge >= 0.3 is 18.4 Å². The summed E-state index contributed by atoms with van der Waals surface area (Å²) in [6.07, 6.45) is -7.96. The third-order valence-electron chi connectivity index (χ3n) is 11.6. The lowest BCUT2D eigenvalue weighted by Crippen LogP contribution is -2.61. The van der Waals surface area contributed by atoms with Gasteiger partial charge in [-0.15, -0.1) is 11.3 Å². The number of fused-ring (bicyclic) bond motifs is 4. The number of alkyl halides is 6. The SMILES string of the molecule is Nc1c(C(F)(F)F)cc(C[C@@H](CC(=O)N2CCC(N3Cc4ccsc4NC3=O)CC2)C(=O)N2CCN(C3CN4CCC3CC4)CC2)cc1C(F)(F)F. The number of benzene rings is 1. The number of rotatable bonds is 7. The van der Waals surface area contributed by atoms with Gasteiger partial charge in [0.05, 0.1) is 29.3 Å². The molecule has 2 atom stereocenters. The number of anilines is 2. The molecule has 0 saturated carbocycles. The number of urea groups is 1. The van der Waals surface area contributed by atoms with Crippen LogP contribution in [0.5, 0.6) is 0 Å². The predicted octanol–water partition coefficient (Wildman–Crippen LogP) is 5.19. The van der Waals surface area contributed by atoms with Crippen molar-refractivity contribution in [3.63, 3.8) is 0 Å². The minimum atomic E-state index is -5.17. The number of amides is 4.